The number of fused-ring (bicyclic) bond motifs is 2. The summed E-state index contributed by atoms with van der Waals surface area (Å²) in [6, 6.07) is 17.8. The molecule has 0 amide bonds. The molecule has 0 N–H and O–H groups in total. The first kappa shape index (κ1) is 43.5. The fourth-order valence-corrected chi connectivity index (χ4v) is 10.2. The van der Waals surface area contributed by atoms with Gasteiger partial charge in [0.25, 0.3) is 0 Å². The van der Waals surface area contributed by atoms with Gasteiger partial charge in [0, 0.05) is 43.9 Å². The maximum atomic E-state index is 14.7. The van der Waals surface area contributed by atoms with E-state index >= 15 is 0 Å². The molecule has 17 heteroatoms. The largest absolute Gasteiger partial charge is 0.476 e. The molecule has 12 nitrogen and oxygen atoms in total. The molecule has 8 rings (SSSR count). The highest BCUT2D eigenvalue weighted by atomic mass is 32.2. The number of esters is 1. The fraction of sp³-hybridized carbons (Fsp3) is 0.467. The number of pyridine rings is 2. The normalized spacial score (nSPS) is 18.5. The Morgan fingerprint density at radius 2 is 1.71 bits per heavy atom. The molecule has 5 aromatic rings. The Labute approximate surface area is 358 Å². The number of carbonyl (C=O) groups is 1. The second kappa shape index (κ2) is 16.5. The maximum absolute atomic E-state index is 14.7. The molecule has 330 valence electrons. The molecule has 1 saturated heterocycles. The van der Waals surface area contributed by atoms with E-state index in [9.17, 15) is 30.8 Å². The minimum Gasteiger partial charge on any atom is -0.476 e. The lowest BCUT2D eigenvalue weighted by Gasteiger charge is -2.34. The average molecular weight is 879 g/mol. The number of alkyl halides is 4. The van der Waals surface area contributed by atoms with Crippen molar-refractivity contribution in [3.05, 3.63) is 112 Å². The molecule has 2 aliphatic heterocycles. The molecule has 3 aliphatic rings. The van der Waals surface area contributed by atoms with Gasteiger partial charge in [-0.2, -0.15) is 22.5 Å². The molecule has 3 aromatic heterocycles. The summed E-state index contributed by atoms with van der Waals surface area (Å²) in [5, 5.41) is 7.36. The van der Waals surface area contributed by atoms with Gasteiger partial charge in [0.1, 0.15) is 29.9 Å². The van der Waals surface area contributed by atoms with Crippen molar-refractivity contribution >= 4 is 21.6 Å². The van der Waals surface area contributed by atoms with Crippen LogP contribution in [0.5, 0.6) is 11.8 Å². The van der Waals surface area contributed by atoms with Crippen molar-refractivity contribution in [1.82, 2.24) is 28.8 Å². The molecule has 2 fully saturated rings. The van der Waals surface area contributed by atoms with Crippen molar-refractivity contribution in [2.24, 2.45) is 5.41 Å². The van der Waals surface area contributed by atoms with E-state index in [0.717, 1.165) is 15.5 Å². The van der Waals surface area contributed by atoms with Crippen LogP contribution in [0.1, 0.15) is 90.2 Å². The smallest absolute Gasteiger partial charge is 0.452 e. The van der Waals surface area contributed by atoms with E-state index < -0.39 is 51.1 Å². The predicted molar refractivity (Wildman–Crippen MR) is 221 cm³/mol. The van der Waals surface area contributed by atoms with Crippen molar-refractivity contribution < 1.29 is 45.0 Å². The number of nitrogens with zero attached hydrogens (tertiary/aromatic N) is 6. The summed E-state index contributed by atoms with van der Waals surface area (Å²) in [6.07, 6.45) is -2.06. The molecule has 2 aromatic carbocycles. The number of ether oxygens (including phenoxy) is 3. The molecule has 1 atom stereocenters. The Hall–Kier alpha value is -5.13. The first-order valence-corrected chi connectivity index (χ1v) is 22.2. The molecule has 0 radical (unpaired) electrons. The number of aryl methyl sites for hydroxylation is 3. The molecular formula is C45H50F4N6O6S. The maximum Gasteiger partial charge on any atom is 0.452 e. The standard InChI is InChI=1S/C45H50F4N6O6S/c1-28-11-12-32(37(43(4,5)42(56)60-26-31-9-7-6-8-10-31)35-15-20-55-38(30(35)3)51-52-41(55)45(47,48)49)24-33(28)25-54-27-44(16-17-44)61-40-36(62(54,57)58)23-29(2)39(50-40)59-22-21-53-18-13-34(46)14-19-53/h6-12,15,20,23-24,34,37H,13-14,16-19,21-22,25-27H2,1-5H3/t37-/m0/s1. The summed E-state index contributed by atoms with van der Waals surface area (Å²) in [5.74, 6) is -2.25. The highest BCUT2D eigenvalue weighted by Crippen LogP contribution is 2.48. The second-order valence-electron chi connectivity index (χ2n) is 17.4. The Morgan fingerprint density at radius 3 is 2.40 bits per heavy atom. The molecule has 1 spiro atoms. The van der Waals surface area contributed by atoms with Crippen molar-refractivity contribution in [3.8, 4) is 11.8 Å². The average Bonchev–Trinajstić information content (AvgIpc) is 3.84. The zero-order valence-corrected chi connectivity index (χ0v) is 36.2. The number of likely N-dealkylation sites (tertiary alicyclic amines) is 1. The van der Waals surface area contributed by atoms with E-state index in [2.05, 4.69) is 20.1 Å². The quantitative estimate of drug-likeness (QED) is 0.0902. The van der Waals surface area contributed by atoms with Gasteiger partial charge in [-0.1, -0.05) is 48.5 Å². The summed E-state index contributed by atoms with van der Waals surface area (Å²) in [6.45, 7) is 10.9. The number of hydrogen-bond donors (Lipinski definition) is 0. The van der Waals surface area contributed by atoms with Gasteiger partial charge in [0.05, 0.1) is 12.0 Å². The van der Waals surface area contributed by atoms with Crippen LogP contribution >= 0.6 is 0 Å². The van der Waals surface area contributed by atoms with Gasteiger partial charge in [0.2, 0.25) is 27.6 Å². The minimum atomic E-state index is -4.75. The van der Waals surface area contributed by atoms with Gasteiger partial charge >= 0.3 is 12.1 Å². The number of piperidine rings is 1. The number of halogens is 4. The van der Waals surface area contributed by atoms with Gasteiger partial charge in [-0.05, 0) is 106 Å². The summed E-state index contributed by atoms with van der Waals surface area (Å²) in [4.78, 5) is 20.9. The van der Waals surface area contributed by atoms with Crippen LogP contribution in [-0.2, 0) is 38.9 Å². The summed E-state index contributed by atoms with van der Waals surface area (Å²) in [5.41, 5.74) is 2.19. The predicted octanol–water partition coefficient (Wildman–Crippen LogP) is 7.90. The molecule has 1 saturated carbocycles. The van der Waals surface area contributed by atoms with Crippen LogP contribution in [0.15, 0.2) is 71.8 Å². The lowest BCUT2D eigenvalue weighted by atomic mass is 9.70. The molecular weight excluding hydrogens is 829 g/mol. The first-order valence-electron chi connectivity index (χ1n) is 20.8. The highest BCUT2D eigenvalue weighted by Gasteiger charge is 2.53. The summed E-state index contributed by atoms with van der Waals surface area (Å²) < 4.78 is 105. The highest BCUT2D eigenvalue weighted by molar-refractivity contribution is 7.89. The first-order chi connectivity index (χ1) is 29.4. The van der Waals surface area contributed by atoms with Gasteiger partial charge in [-0.3, -0.25) is 14.1 Å². The van der Waals surface area contributed by atoms with Gasteiger partial charge in [-0.15, -0.1) is 10.2 Å². The van der Waals surface area contributed by atoms with Gasteiger partial charge in [-0.25, -0.2) is 12.8 Å². The van der Waals surface area contributed by atoms with Gasteiger partial charge in [0.15, 0.2) is 5.65 Å². The molecule has 5 heterocycles. The molecule has 1 aliphatic carbocycles. The Kier molecular flexibility index (Phi) is 11.6. The monoisotopic (exact) mass is 878 g/mol. The summed E-state index contributed by atoms with van der Waals surface area (Å²) >= 11 is 0. The number of rotatable bonds is 12. The van der Waals surface area contributed by atoms with Crippen LogP contribution in [-0.4, -0.2) is 87.7 Å². The Morgan fingerprint density at radius 1 is 0.984 bits per heavy atom. The second-order valence-corrected chi connectivity index (χ2v) is 19.3. The number of carbonyl (C=O) groups excluding carboxylic acids is 1. The van der Waals surface area contributed by atoms with E-state index in [1.54, 1.807) is 33.8 Å². The fourth-order valence-electron chi connectivity index (χ4n) is 8.53. The van der Waals surface area contributed by atoms with Gasteiger partial charge < -0.3 is 14.2 Å². The van der Waals surface area contributed by atoms with Crippen LogP contribution in [0.4, 0.5) is 17.6 Å². The lowest BCUT2D eigenvalue weighted by molar-refractivity contribution is -0.156. The van der Waals surface area contributed by atoms with E-state index in [1.165, 1.54) is 16.6 Å². The van der Waals surface area contributed by atoms with Crippen LogP contribution in [0.25, 0.3) is 5.65 Å². The van der Waals surface area contributed by atoms with Crippen molar-refractivity contribution in [3.63, 3.8) is 0 Å². The van der Waals surface area contributed by atoms with Crippen molar-refractivity contribution in [2.45, 2.75) is 102 Å². The minimum absolute atomic E-state index is 0.00669. The van der Waals surface area contributed by atoms with E-state index in [-0.39, 0.29) is 42.0 Å². The molecule has 0 unspecified atom stereocenters. The third-order valence-electron chi connectivity index (χ3n) is 12.4. The van der Waals surface area contributed by atoms with Crippen molar-refractivity contribution in [1.29, 1.82) is 0 Å². The van der Waals surface area contributed by atoms with E-state index in [1.807, 2.05) is 55.5 Å². The zero-order valence-electron chi connectivity index (χ0n) is 35.3. The Bertz CT molecular complexity index is 2590. The Balaban J connectivity index is 1.12. The van der Waals surface area contributed by atoms with Crippen molar-refractivity contribution in [2.75, 3.05) is 32.8 Å². The van der Waals surface area contributed by atoms with E-state index in [0.29, 0.717) is 79.7 Å². The lowest BCUT2D eigenvalue weighted by Crippen LogP contribution is -2.38. The number of benzene rings is 2. The van der Waals surface area contributed by atoms with Crippen LogP contribution < -0.4 is 9.47 Å². The molecule has 0 bridgehead atoms. The third kappa shape index (κ3) is 8.63. The van der Waals surface area contributed by atoms with E-state index in [4.69, 9.17) is 14.2 Å². The molecule has 62 heavy (non-hydrogen) atoms. The third-order valence-corrected chi connectivity index (χ3v) is 14.2. The topological polar surface area (TPSA) is 128 Å². The number of aromatic nitrogens is 4. The summed E-state index contributed by atoms with van der Waals surface area (Å²) in [7, 11) is -4.19. The SMILES string of the molecule is Cc1ccc([C@@H](c2ccn3c(C(F)(F)F)nnc3c2C)C(C)(C)C(=O)OCc2ccccc2)cc1CN1CC2(CC2)Oc2nc(OCCN3CCC(F)CC3)c(C)cc2S1(=O)=O. The van der Waals surface area contributed by atoms with Crippen LogP contribution in [0, 0.1) is 26.2 Å². The van der Waals surface area contributed by atoms with Crippen LogP contribution in [0.2, 0.25) is 0 Å². The zero-order chi connectivity index (χ0) is 44.2. The number of hydrogen-bond acceptors (Lipinski definition) is 10. The number of sulfonamides is 1. The van der Waals surface area contributed by atoms with Crippen LogP contribution in [0.3, 0.4) is 0 Å².